The molecule has 2 N–H and O–H groups in total. The number of imidazole rings is 1. The summed E-state index contributed by atoms with van der Waals surface area (Å²) >= 11 is 0. The van der Waals surface area contributed by atoms with Crippen LogP contribution in [-0.2, 0) is 18.9 Å². The first-order chi connectivity index (χ1) is 11.2. The monoisotopic (exact) mass is 309 g/mol. The summed E-state index contributed by atoms with van der Waals surface area (Å²) in [6.07, 6.45) is 5.88. The van der Waals surface area contributed by atoms with Crippen molar-refractivity contribution < 1.29 is 4.52 Å². The maximum atomic E-state index is 6.06. The zero-order chi connectivity index (χ0) is 15.9. The van der Waals surface area contributed by atoms with Crippen LogP contribution in [0, 0.1) is 0 Å². The van der Waals surface area contributed by atoms with Crippen molar-refractivity contribution in [2.24, 2.45) is 12.8 Å². The summed E-state index contributed by atoms with van der Waals surface area (Å²) in [5.74, 6) is 1.35. The molecule has 0 atom stereocenters. The molecule has 1 aromatic carbocycles. The fraction of sp³-hybridized carbons (Fsp3) is 0.353. The third kappa shape index (κ3) is 2.35. The number of aromatic nitrogens is 4. The molecule has 1 aliphatic carbocycles. The molecule has 0 saturated heterocycles. The second-order valence-corrected chi connectivity index (χ2v) is 6.30. The van der Waals surface area contributed by atoms with E-state index >= 15 is 0 Å². The zero-order valence-corrected chi connectivity index (χ0v) is 13.0. The molecule has 0 radical (unpaired) electrons. The van der Waals surface area contributed by atoms with E-state index in [1.165, 1.54) is 5.56 Å². The van der Waals surface area contributed by atoms with Crippen LogP contribution in [0.15, 0.2) is 47.4 Å². The average Bonchev–Trinajstić information content (AvgIpc) is 3.15. The topological polar surface area (TPSA) is 82.8 Å². The van der Waals surface area contributed by atoms with E-state index in [9.17, 15) is 0 Å². The maximum Gasteiger partial charge on any atom is 0.237 e. The zero-order valence-electron chi connectivity index (χ0n) is 13.0. The second-order valence-electron chi connectivity index (χ2n) is 6.30. The molecule has 4 rings (SSSR count). The molecule has 2 heterocycles. The third-order valence-corrected chi connectivity index (χ3v) is 4.68. The molecule has 3 aromatic rings. The van der Waals surface area contributed by atoms with Gasteiger partial charge in [-0.15, -0.1) is 0 Å². The van der Waals surface area contributed by atoms with Crippen LogP contribution in [0.5, 0.6) is 0 Å². The molecule has 1 aliphatic rings. The first kappa shape index (κ1) is 14.1. The first-order valence-electron chi connectivity index (χ1n) is 7.77. The van der Waals surface area contributed by atoms with Crippen LogP contribution in [0.4, 0.5) is 0 Å². The van der Waals surface area contributed by atoms with Crippen LogP contribution in [0.3, 0.4) is 0 Å². The normalized spacial score (nSPS) is 23.7. The van der Waals surface area contributed by atoms with Crippen molar-refractivity contribution in [3.63, 3.8) is 0 Å². The lowest BCUT2D eigenvalue weighted by Gasteiger charge is -2.43. The Hall–Kier alpha value is -2.47. The number of hydrogen-bond acceptors (Lipinski definition) is 5. The fourth-order valence-electron chi connectivity index (χ4n) is 3.36. The molecule has 0 unspecified atom stereocenters. The molecule has 6 nitrogen and oxygen atoms in total. The Labute approximate surface area is 134 Å². The van der Waals surface area contributed by atoms with Gasteiger partial charge in [-0.05, 0) is 18.4 Å². The van der Waals surface area contributed by atoms with Crippen LogP contribution in [0.25, 0.3) is 0 Å². The highest BCUT2D eigenvalue weighted by molar-refractivity contribution is 5.36. The smallest absolute Gasteiger partial charge is 0.237 e. The average molecular weight is 309 g/mol. The lowest BCUT2D eigenvalue weighted by atomic mass is 9.61. The Balaban J connectivity index is 1.65. The van der Waals surface area contributed by atoms with Crippen LogP contribution in [0.1, 0.15) is 35.8 Å². The molecule has 1 fully saturated rings. The van der Waals surface area contributed by atoms with E-state index in [0.717, 1.165) is 18.5 Å². The van der Waals surface area contributed by atoms with Crippen LogP contribution >= 0.6 is 0 Å². The summed E-state index contributed by atoms with van der Waals surface area (Å²) in [5.41, 5.74) is 8.07. The molecular formula is C17H19N5O. The Morgan fingerprint density at radius 2 is 2.09 bits per heavy atom. The van der Waals surface area contributed by atoms with Crippen LogP contribution in [-0.4, -0.2) is 25.7 Å². The van der Waals surface area contributed by atoms with Crippen molar-refractivity contribution in [1.82, 2.24) is 19.7 Å². The van der Waals surface area contributed by atoms with E-state index in [1.54, 1.807) is 6.33 Å². The predicted molar refractivity (Wildman–Crippen MR) is 84.7 cm³/mol. The summed E-state index contributed by atoms with van der Waals surface area (Å²) in [6.45, 7) is 0. The van der Waals surface area contributed by atoms with Gasteiger partial charge in [-0.2, -0.15) is 4.98 Å². The van der Waals surface area contributed by atoms with E-state index in [4.69, 9.17) is 10.3 Å². The van der Waals surface area contributed by atoms with Crippen molar-refractivity contribution in [3.8, 4) is 0 Å². The quantitative estimate of drug-likeness (QED) is 0.794. The number of benzene rings is 1. The van der Waals surface area contributed by atoms with Crippen molar-refractivity contribution in [1.29, 1.82) is 0 Å². The van der Waals surface area contributed by atoms with E-state index in [2.05, 4.69) is 27.3 Å². The van der Waals surface area contributed by atoms with Gasteiger partial charge in [0.25, 0.3) is 0 Å². The fourth-order valence-corrected chi connectivity index (χ4v) is 3.36. The molecule has 6 heteroatoms. The molecule has 0 spiro atoms. The summed E-state index contributed by atoms with van der Waals surface area (Å²) in [6, 6.07) is 10.5. The second kappa shape index (κ2) is 5.31. The minimum Gasteiger partial charge on any atom is -0.338 e. The SMILES string of the molecule is Cn1cncc1Cc1noc(C2(c3ccccc3)CC(N)C2)n1. The molecule has 23 heavy (non-hydrogen) atoms. The summed E-state index contributed by atoms with van der Waals surface area (Å²) in [7, 11) is 1.96. The van der Waals surface area contributed by atoms with Crippen molar-refractivity contribution in [2.75, 3.05) is 0 Å². The summed E-state index contributed by atoms with van der Waals surface area (Å²) in [4.78, 5) is 8.78. The highest BCUT2D eigenvalue weighted by atomic mass is 16.5. The number of hydrogen-bond donors (Lipinski definition) is 1. The van der Waals surface area contributed by atoms with Crippen molar-refractivity contribution in [2.45, 2.75) is 30.7 Å². The van der Waals surface area contributed by atoms with Crippen LogP contribution in [0.2, 0.25) is 0 Å². The first-order valence-corrected chi connectivity index (χ1v) is 7.77. The lowest BCUT2D eigenvalue weighted by Crippen LogP contribution is -2.50. The van der Waals surface area contributed by atoms with Crippen molar-refractivity contribution >= 4 is 0 Å². The summed E-state index contributed by atoms with van der Waals surface area (Å²) < 4.78 is 7.58. The highest BCUT2D eigenvalue weighted by Crippen LogP contribution is 2.47. The van der Waals surface area contributed by atoms with Gasteiger partial charge in [-0.1, -0.05) is 35.5 Å². The molecule has 0 bridgehead atoms. The van der Waals surface area contributed by atoms with Gasteiger partial charge < -0.3 is 14.8 Å². The maximum absolute atomic E-state index is 6.06. The van der Waals surface area contributed by atoms with Gasteiger partial charge in [-0.3, -0.25) is 0 Å². The van der Waals surface area contributed by atoms with Gasteiger partial charge in [0.1, 0.15) is 0 Å². The van der Waals surface area contributed by atoms with Gasteiger partial charge in [0, 0.05) is 25.0 Å². The van der Waals surface area contributed by atoms with Gasteiger partial charge in [0.15, 0.2) is 5.82 Å². The molecular weight excluding hydrogens is 290 g/mol. The number of aryl methyl sites for hydroxylation is 1. The Bertz CT molecular complexity index is 801. The van der Waals surface area contributed by atoms with E-state index in [1.807, 2.05) is 36.0 Å². The minimum absolute atomic E-state index is 0.183. The standard InChI is InChI=1S/C17H19N5O/c1-22-11-19-10-14(22)7-15-20-16(23-21-15)17(8-13(18)9-17)12-5-3-2-4-6-12/h2-6,10-11,13H,7-9,18H2,1H3. The van der Waals surface area contributed by atoms with Gasteiger partial charge in [-0.25, -0.2) is 4.98 Å². The molecule has 1 saturated carbocycles. The van der Waals surface area contributed by atoms with Gasteiger partial charge in [0.05, 0.1) is 18.2 Å². The van der Waals surface area contributed by atoms with Gasteiger partial charge in [0.2, 0.25) is 5.89 Å². The third-order valence-electron chi connectivity index (χ3n) is 4.68. The number of nitrogens with two attached hydrogens (primary N) is 1. The molecule has 0 aliphatic heterocycles. The molecule has 2 aromatic heterocycles. The Kier molecular flexibility index (Phi) is 3.27. The molecule has 118 valence electrons. The predicted octanol–water partition coefficient (Wildman–Crippen LogP) is 1.80. The van der Waals surface area contributed by atoms with Crippen LogP contribution < -0.4 is 5.73 Å². The van der Waals surface area contributed by atoms with Gasteiger partial charge >= 0.3 is 0 Å². The lowest BCUT2D eigenvalue weighted by molar-refractivity contribution is 0.187. The highest BCUT2D eigenvalue weighted by Gasteiger charge is 2.49. The van der Waals surface area contributed by atoms with E-state index < -0.39 is 0 Å². The van der Waals surface area contributed by atoms with E-state index in [0.29, 0.717) is 18.1 Å². The number of nitrogens with zero attached hydrogens (tertiary/aromatic N) is 4. The largest absolute Gasteiger partial charge is 0.338 e. The minimum atomic E-state index is -0.238. The summed E-state index contributed by atoms with van der Waals surface area (Å²) in [5, 5.41) is 4.16. The Morgan fingerprint density at radius 1 is 1.30 bits per heavy atom. The molecule has 0 amide bonds. The van der Waals surface area contributed by atoms with Crippen molar-refractivity contribution in [3.05, 3.63) is 65.8 Å². The number of rotatable bonds is 4. The van der Waals surface area contributed by atoms with E-state index in [-0.39, 0.29) is 11.5 Å². The Morgan fingerprint density at radius 3 is 2.74 bits per heavy atom.